The first-order chi connectivity index (χ1) is 14.4. The SMILES string of the molecule is c1ccc(-c2nc3ccccc3nc2-c2ccc3c(c2)sc2ccccc23)cc1. The Kier molecular flexibility index (Phi) is 3.68. The Morgan fingerprint density at radius 1 is 0.483 bits per heavy atom. The number of benzene rings is 4. The number of fused-ring (bicyclic) bond motifs is 4. The third-order valence-corrected chi connectivity index (χ3v) is 6.40. The van der Waals surface area contributed by atoms with Gasteiger partial charge in [-0.15, -0.1) is 11.3 Å². The lowest BCUT2D eigenvalue weighted by molar-refractivity contribution is 1.29. The molecule has 29 heavy (non-hydrogen) atoms. The van der Waals surface area contributed by atoms with Crippen LogP contribution < -0.4 is 0 Å². The quantitative estimate of drug-likeness (QED) is 0.310. The van der Waals surface area contributed by atoms with Gasteiger partial charge < -0.3 is 0 Å². The highest BCUT2D eigenvalue weighted by Gasteiger charge is 2.14. The van der Waals surface area contributed by atoms with Gasteiger partial charge in [0.05, 0.1) is 22.4 Å². The number of rotatable bonds is 2. The summed E-state index contributed by atoms with van der Waals surface area (Å²) in [5, 5.41) is 2.61. The molecule has 136 valence electrons. The Morgan fingerprint density at radius 2 is 1.10 bits per heavy atom. The molecule has 0 spiro atoms. The summed E-state index contributed by atoms with van der Waals surface area (Å²) >= 11 is 1.83. The van der Waals surface area contributed by atoms with Crippen LogP contribution in [0.2, 0.25) is 0 Å². The van der Waals surface area contributed by atoms with Crippen LogP contribution in [0.1, 0.15) is 0 Å². The molecule has 0 saturated heterocycles. The molecule has 2 heterocycles. The molecule has 0 radical (unpaired) electrons. The Morgan fingerprint density at radius 3 is 1.90 bits per heavy atom. The van der Waals surface area contributed by atoms with Gasteiger partial charge in [-0.3, -0.25) is 0 Å². The van der Waals surface area contributed by atoms with Gasteiger partial charge in [-0.05, 0) is 24.3 Å². The van der Waals surface area contributed by atoms with E-state index in [2.05, 4.69) is 54.6 Å². The van der Waals surface area contributed by atoms with E-state index < -0.39 is 0 Å². The molecule has 0 N–H and O–H groups in total. The topological polar surface area (TPSA) is 25.8 Å². The maximum Gasteiger partial charge on any atom is 0.0973 e. The van der Waals surface area contributed by atoms with Gasteiger partial charge in [0, 0.05) is 31.3 Å². The van der Waals surface area contributed by atoms with Gasteiger partial charge >= 0.3 is 0 Å². The van der Waals surface area contributed by atoms with Gasteiger partial charge in [0.25, 0.3) is 0 Å². The van der Waals surface area contributed by atoms with Gasteiger partial charge in [-0.25, -0.2) is 9.97 Å². The fourth-order valence-electron chi connectivity index (χ4n) is 3.87. The lowest BCUT2D eigenvalue weighted by atomic mass is 10.0. The molecule has 0 bridgehead atoms. The first-order valence-corrected chi connectivity index (χ1v) is 10.4. The van der Waals surface area contributed by atoms with E-state index in [4.69, 9.17) is 9.97 Å². The number of hydrogen-bond donors (Lipinski definition) is 0. The van der Waals surface area contributed by atoms with Crippen LogP contribution in [0.3, 0.4) is 0 Å². The predicted octanol–water partition coefficient (Wildman–Crippen LogP) is 7.33. The lowest BCUT2D eigenvalue weighted by Crippen LogP contribution is -1.95. The molecule has 0 amide bonds. The van der Waals surface area contributed by atoms with E-state index in [1.807, 2.05) is 53.8 Å². The maximum atomic E-state index is 5.02. The van der Waals surface area contributed by atoms with Crippen LogP contribution in [0, 0.1) is 0 Å². The summed E-state index contributed by atoms with van der Waals surface area (Å²) in [6.45, 7) is 0. The van der Waals surface area contributed by atoms with Crippen molar-refractivity contribution in [1.29, 1.82) is 0 Å². The molecular formula is C26H16N2S. The highest BCUT2D eigenvalue weighted by atomic mass is 32.1. The normalized spacial score (nSPS) is 11.4. The Balaban J connectivity index is 1.64. The van der Waals surface area contributed by atoms with Gasteiger partial charge in [-0.2, -0.15) is 0 Å². The zero-order valence-corrected chi connectivity index (χ0v) is 16.4. The first kappa shape index (κ1) is 16.4. The monoisotopic (exact) mass is 388 g/mol. The lowest BCUT2D eigenvalue weighted by Gasteiger charge is -2.10. The Hall–Kier alpha value is -3.56. The zero-order valence-electron chi connectivity index (χ0n) is 15.5. The van der Waals surface area contributed by atoms with Crippen LogP contribution in [0.5, 0.6) is 0 Å². The summed E-state index contributed by atoms with van der Waals surface area (Å²) in [7, 11) is 0. The van der Waals surface area contributed by atoms with Gasteiger partial charge in [-0.1, -0.05) is 72.8 Å². The highest BCUT2D eigenvalue weighted by molar-refractivity contribution is 7.25. The molecule has 0 fully saturated rings. The van der Waals surface area contributed by atoms with Crippen molar-refractivity contribution in [2.24, 2.45) is 0 Å². The summed E-state index contributed by atoms with van der Waals surface area (Å²) in [6.07, 6.45) is 0. The van der Waals surface area contributed by atoms with Gasteiger partial charge in [0.15, 0.2) is 0 Å². The van der Waals surface area contributed by atoms with Crippen molar-refractivity contribution >= 4 is 42.5 Å². The van der Waals surface area contributed by atoms with Crippen molar-refractivity contribution in [1.82, 2.24) is 9.97 Å². The second kappa shape index (κ2) is 6.50. The second-order valence-electron chi connectivity index (χ2n) is 7.08. The van der Waals surface area contributed by atoms with Crippen LogP contribution in [-0.4, -0.2) is 9.97 Å². The first-order valence-electron chi connectivity index (χ1n) is 9.61. The van der Waals surface area contributed by atoms with Crippen LogP contribution in [0.25, 0.3) is 53.7 Å². The minimum absolute atomic E-state index is 0.915. The third kappa shape index (κ3) is 2.71. The summed E-state index contributed by atoms with van der Waals surface area (Å²) < 4.78 is 2.59. The van der Waals surface area contributed by atoms with Crippen molar-refractivity contribution in [2.45, 2.75) is 0 Å². The van der Waals surface area contributed by atoms with Crippen molar-refractivity contribution in [2.75, 3.05) is 0 Å². The Labute approximate surface area is 172 Å². The maximum absolute atomic E-state index is 5.02. The number of nitrogens with zero attached hydrogens (tertiary/aromatic N) is 2. The third-order valence-electron chi connectivity index (χ3n) is 5.27. The zero-order chi connectivity index (χ0) is 19.2. The highest BCUT2D eigenvalue weighted by Crippen LogP contribution is 2.38. The largest absolute Gasteiger partial charge is 0.244 e. The molecule has 6 aromatic rings. The van der Waals surface area contributed by atoms with Crippen molar-refractivity contribution < 1.29 is 0 Å². The van der Waals surface area contributed by atoms with Crippen molar-refractivity contribution in [3.05, 3.63) is 97.1 Å². The van der Waals surface area contributed by atoms with E-state index in [-0.39, 0.29) is 0 Å². The average Bonchev–Trinajstić information content (AvgIpc) is 3.16. The Bertz CT molecular complexity index is 1500. The summed E-state index contributed by atoms with van der Waals surface area (Å²) in [4.78, 5) is 10.0. The van der Waals surface area contributed by atoms with E-state index in [0.717, 1.165) is 33.5 Å². The molecule has 0 aliphatic carbocycles. The van der Waals surface area contributed by atoms with E-state index in [1.165, 1.54) is 20.2 Å². The summed E-state index contributed by atoms with van der Waals surface area (Å²) in [5.74, 6) is 0. The van der Waals surface area contributed by atoms with Crippen molar-refractivity contribution in [3.8, 4) is 22.5 Å². The second-order valence-corrected chi connectivity index (χ2v) is 8.17. The molecule has 0 unspecified atom stereocenters. The minimum atomic E-state index is 0.915. The summed E-state index contributed by atoms with van der Waals surface area (Å²) in [5.41, 5.74) is 5.86. The number of para-hydroxylation sites is 2. The van der Waals surface area contributed by atoms with Gasteiger partial charge in [0.2, 0.25) is 0 Å². The molecule has 3 heteroatoms. The fourth-order valence-corrected chi connectivity index (χ4v) is 5.02. The molecule has 0 aliphatic rings. The van der Waals surface area contributed by atoms with Gasteiger partial charge in [0.1, 0.15) is 0 Å². The number of aromatic nitrogens is 2. The van der Waals surface area contributed by atoms with Crippen molar-refractivity contribution in [3.63, 3.8) is 0 Å². The van der Waals surface area contributed by atoms with Crippen LogP contribution in [0.15, 0.2) is 97.1 Å². The summed E-state index contributed by atoms with van der Waals surface area (Å²) in [6, 6.07) is 33.6. The molecule has 0 aliphatic heterocycles. The van der Waals surface area contributed by atoms with Crippen LogP contribution in [0.4, 0.5) is 0 Å². The smallest absolute Gasteiger partial charge is 0.0973 e. The predicted molar refractivity (Wildman–Crippen MR) is 123 cm³/mol. The molecule has 0 atom stereocenters. The fraction of sp³-hybridized carbons (Fsp3) is 0. The molecule has 6 rings (SSSR count). The van der Waals surface area contributed by atoms with E-state index in [1.54, 1.807) is 0 Å². The molecule has 2 nitrogen and oxygen atoms in total. The van der Waals surface area contributed by atoms with E-state index in [9.17, 15) is 0 Å². The molecule has 2 aromatic heterocycles. The van der Waals surface area contributed by atoms with Crippen LogP contribution in [-0.2, 0) is 0 Å². The molecule has 4 aromatic carbocycles. The minimum Gasteiger partial charge on any atom is -0.244 e. The number of thiophene rings is 1. The van der Waals surface area contributed by atoms with E-state index in [0.29, 0.717) is 0 Å². The average molecular weight is 388 g/mol. The number of hydrogen-bond acceptors (Lipinski definition) is 3. The van der Waals surface area contributed by atoms with Crippen LogP contribution >= 0.6 is 11.3 Å². The molecule has 0 saturated carbocycles. The van der Waals surface area contributed by atoms with E-state index >= 15 is 0 Å². The molecular weight excluding hydrogens is 372 g/mol. The standard InChI is InChI=1S/C26H16N2S/c1-2-8-17(9-3-1)25-26(28-22-12-6-5-11-21(22)27-25)18-14-15-20-19-10-4-7-13-23(19)29-24(20)16-18/h1-16H.